The van der Waals surface area contributed by atoms with Gasteiger partial charge in [0.05, 0.1) is 16.8 Å². The van der Waals surface area contributed by atoms with Crippen molar-refractivity contribution in [1.82, 2.24) is 72.9 Å². The van der Waals surface area contributed by atoms with Crippen molar-refractivity contribution in [1.29, 1.82) is 0 Å². The van der Waals surface area contributed by atoms with Crippen LogP contribution < -0.4 is 43.0 Å². The number of aromatic nitrogens is 6. The first kappa shape index (κ1) is 112. The Morgan fingerprint density at radius 3 is 1.09 bits per heavy atom. The van der Waals surface area contributed by atoms with Crippen LogP contribution in [0.1, 0.15) is 348 Å². The number of ketones is 3. The number of nitrogens with two attached hydrogens (primary N) is 1. The Morgan fingerprint density at radius 2 is 0.728 bits per heavy atom. The third kappa shape index (κ3) is 47.1. The number of nitrogens with one attached hydrogen (secondary N) is 7. The van der Waals surface area contributed by atoms with Gasteiger partial charge in [0.15, 0.2) is 11.6 Å². The first-order chi connectivity index (χ1) is 59.4. The molecule has 2 aromatic rings. The van der Waals surface area contributed by atoms with Crippen LogP contribution in [0.5, 0.6) is 0 Å². The molecule has 0 unspecified atom stereocenters. The van der Waals surface area contributed by atoms with Crippen LogP contribution in [0.4, 0.5) is 14.4 Å². The van der Waals surface area contributed by atoms with Gasteiger partial charge in [0, 0.05) is 107 Å². The van der Waals surface area contributed by atoms with Gasteiger partial charge in [0.2, 0.25) is 23.6 Å². The van der Waals surface area contributed by atoms with Crippen LogP contribution in [0.15, 0.2) is 36.5 Å². The maximum absolute atomic E-state index is 12.6. The summed E-state index contributed by atoms with van der Waals surface area (Å²) in [7, 11) is 0. The zero-order chi connectivity index (χ0) is 93.2. The van der Waals surface area contributed by atoms with Crippen LogP contribution in [0.3, 0.4) is 0 Å². The number of amides is 9. The van der Waals surface area contributed by atoms with Crippen molar-refractivity contribution in [2.45, 2.75) is 366 Å². The normalized spacial score (nSPS) is 22.1. The molecule has 2 aromatic heterocycles. The number of hydroxylamine groups is 2. The Hall–Kier alpha value is -9.49. The van der Waals surface area contributed by atoms with Crippen LogP contribution in [-0.4, -0.2) is 183 Å². The molecular weight excluding hydrogens is 1600 g/mol. The third-order valence-electron chi connectivity index (χ3n) is 23.2. The Balaban J connectivity index is 0.000000530. The van der Waals surface area contributed by atoms with Gasteiger partial charge in [-0.15, -0.1) is 25.5 Å². The van der Waals surface area contributed by atoms with E-state index in [1.54, 1.807) is 53.7 Å². The Morgan fingerprint density at radius 1 is 0.416 bits per heavy atom. The van der Waals surface area contributed by atoms with Gasteiger partial charge < -0.3 is 62.0 Å². The molecule has 5 aliphatic rings. The van der Waals surface area contributed by atoms with Gasteiger partial charge in [-0.2, -0.15) is 10.2 Å². The molecular formula is C93H155N15O17. The summed E-state index contributed by atoms with van der Waals surface area (Å²) in [5, 5.41) is 42.8. The van der Waals surface area contributed by atoms with Crippen molar-refractivity contribution in [3.05, 3.63) is 70.6 Å². The van der Waals surface area contributed by atoms with Gasteiger partial charge in [0.1, 0.15) is 35.7 Å². The molecule has 3 heterocycles. The summed E-state index contributed by atoms with van der Waals surface area (Å²) in [5.74, 6) is 0.954. The van der Waals surface area contributed by atoms with Crippen molar-refractivity contribution in [3.8, 4) is 0 Å². The number of nitrogens with zero attached hydrogens (tertiary/aromatic N) is 7. The fourth-order valence-corrected chi connectivity index (χ4v) is 14.4. The lowest BCUT2D eigenvalue weighted by molar-refractivity contribution is -0.205. The number of Topliss-reactive ketones (excluding diaryl/α,β-unsaturated/α-hetero) is 3. The second-order valence-corrected chi connectivity index (χ2v) is 34.5. The summed E-state index contributed by atoms with van der Waals surface area (Å²) in [6, 6.07) is 0. The molecule has 8 atom stereocenters. The average Bonchev–Trinajstić information content (AvgIpc) is 1.08. The summed E-state index contributed by atoms with van der Waals surface area (Å²) in [4.78, 5) is 158. The maximum atomic E-state index is 12.6. The largest absolute Gasteiger partial charge is 0.442 e. The third-order valence-corrected chi connectivity index (χ3v) is 23.2. The number of alkyl carbamates (subject to hydrolysis) is 3. The summed E-state index contributed by atoms with van der Waals surface area (Å²) in [5.41, 5.74) is 8.11. The second-order valence-electron chi connectivity index (χ2n) is 34.5. The van der Waals surface area contributed by atoms with E-state index in [1.807, 2.05) is 52.0 Å². The number of hydrogen-bond acceptors (Lipinski definition) is 24. The number of unbranched alkanes of at least 4 members (excludes halogenated alkanes) is 10. The maximum Gasteiger partial charge on any atom is 0.407 e. The molecule has 0 aromatic carbocycles. The van der Waals surface area contributed by atoms with Crippen molar-refractivity contribution in [2.24, 2.45) is 27.4 Å². The predicted octanol–water partition coefficient (Wildman–Crippen LogP) is 14.4. The van der Waals surface area contributed by atoms with Crippen LogP contribution in [0.2, 0.25) is 0 Å². The van der Waals surface area contributed by atoms with Gasteiger partial charge in [0.25, 0.3) is 11.8 Å². The van der Waals surface area contributed by atoms with Crippen LogP contribution in [0, 0.1) is 49.4 Å². The molecule has 9 N–H and O–H groups in total. The smallest absolute Gasteiger partial charge is 0.407 e. The molecule has 1 fully saturated rings. The van der Waals surface area contributed by atoms with E-state index in [1.165, 1.54) is 24.0 Å². The summed E-state index contributed by atoms with van der Waals surface area (Å²) in [6.07, 6.45) is 37.8. The van der Waals surface area contributed by atoms with E-state index in [-0.39, 0.29) is 83.0 Å². The number of fused-ring (bicyclic) bond motifs is 1. The van der Waals surface area contributed by atoms with Crippen LogP contribution in [-0.2, 0) is 73.4 Å². The molecule has 4 aliphatic carbocycles. The molecule has 9 amide bonds. The molecule has 32 heteroatoms. The fraction of sp³-hybridized carbons (Fsp3) is 0.731. The quantitative estimate of drug-likeness (QED) is 0.0135. The van der Waals surface area contributed by atoms with E-state index in [0.29, 0.717) is 151 Å². The van der Waals surface area contributed by atoms with Crippen molar-refractivity contribution in [2.75, 3.05) is 52.4 Å². The topological polar surface area (TPSA) is 450 Å². The van der Waals surface area contributed by atoms with Gasteiger partial charge >= 0.3 is 24.2 Å². The molecule has 1 aliphatic heterocycles. The highest BCUT2D eigenvalue weighted by Crippen LogP contribution is 2.41. The van der Waals surface area contributed by atoms with Gasteiger partial charge in [-0.1, -0.05) is 144 Å². The lowest BCUT2D eigenvalue weighted by Gasteiger charge is -2.33. The Kier molecular flexibility index (Phi) is 55.9. The zero-order valence-electron chi connectivity index (χ0n) is 78.5. The minimum Gasteiger partial charge on any atom is -0.442 e. The summed E-state index contributed by atoms with van der Waals surface area (Å²) < 4.78 is 16.2. The Bertz CT molecular complexity index is 3710. The highest BCUT2D eigenvalue weighted by atomic mass is 16.7. The van der Waals surface area contributed by atoms with Crippen molar-refractivity contribution >= 4 is 77.0 Å². The van der Waals surface area contributed by atoms with E-state index in [9.17, 15) is 62.3 Å². The van der Waals surface area contributed by atoms with Crippen molar-refractivity contribution < 1.29 is 81.4 Å². The number of carbonyl (C=O) groups excluding carboxylic acids is 13. The molecule has 704 valence electrons. The number of allylic oxidation sites excluding steroid dienone is 3. The standard InChI is InChI=1S/C23H35N3O7.C21H36N2O4.C20H34N2O4.C16H24N2O.C9H20N2O.C4H6N4/c1-3-4-5-10-18(27)24-15-16-25-22(31)32-17-8-6-13-23(2,14-7-9-17)21(30)33-26-19(28)11-12-20(26)29;1-4-5-6-7-12-19(25)22-15-16-23-20(26)27-18-10-8-13-21(3,17(2)24)14-9-11-18;1-4-5-6-11-18(24)21-14-15-22-19(25)26-17-9-7-12-20(3,16(2)23)13-8-10-17;1-10-7-6-8-16(5,13(4)19)9-14-11(2)17-18-12(3)15(10)14;1-2-3-4-5-6-9(12)11-8-7-10;1-3-5-7-4(2)8-6-3/h6,8,17H,3-5,7,9-16H2,1-2H3,(H,24,27)(H,25,31);8,10,18H,4-7,9,11-16H2,1-3H3,(H,22,25)(H,23,26);7,9,17H,4-6,8,10-15H2,1-3H3,(H,21,24)(H,22,25);10H,6-9H2,1-5H3;2-8,10H2,1H3,(H,11,12);1-2H3/b8-6+;10-8+;9-7+;;;/t17-,23+;18-,21+;17-,20+;10-,16+;;/m0001../s1. The SMILES string of the molecule is CC(=O)[C@@]1(C)CCC[C@@H](C)c2c(C)nnc(C)c2C1.CCCCCC(=O)NCCNC(=O)O[C@H]1/C=C/C[C@@](C)(C(=O)ON2C(=O)CCC2=O)CCC1.CCCCCC(=O)NCCNC(=O)O[C@H]1/C=C/C[C@@](C)(C(C)=O)CCC1.CCCCCCC(=O)NCCN.CCCCCCC(=O)NCCNC(=O)O[C@H]1/C=C/C[C@@](C)(C(C)=O)CCC1.Cc1nnc(C)nn1. The minimum atomic E-state index is -0.887. The molecule has 1 saturated heterocycles. The second kappa shape index (κ2) is 62.6. The van der Waals surface area contributed by atoms with Gasteiger partial charge in [-0.25, -0.2) is 19.2 Å². The van der Waals surface area contributed by atoms with E-state index < -0.39 is 47.6 Å². The molecule has 32 nitrogen and oxygen atoms in total. The highest BCUT2D eigenvalue weighted by Gasteiger charge is 2.41. The highest BCUT2D eigenvalue weighted by molar-refractivity contribution is 6.02. The lowest BCUT2D eigenvalue weighted by Crippen LogP contribution is -2.39. The van der Waals surface area contributed by atoms with Crippen LogP contribution in [0.25, 0.3) is 0 Å². The fourth-order valence-electron chi connectivity index (χ4n) is 14.4. The molecule has 0 radical (unpaired) electrons. The molecule has 7 rings (SSSR count). The van der Waals surface area contributed by atoms with E-state index in [0.717, 1.165) is 140 Å². The number of hydrogen-bond donors (Lipinski definition) is 8. The Labute approximate surface area is 744 Å². The van der Waals surface area contributed by atoms with E-state index in [4.69, 9.17) is 24.8 Å². The molecule has 0 spiro atoms. The first-order valence-corrected chi connectivity index (χ1v) is 46.0. The number of rotatable bonds is 37. The molecule has 0 saturated carbocycles. The summed E-state index contributed by atoms with van der Waals surface area (Å²) >= 11 is 0. The first-order valence-electron chi connectivity index (χ1n) is 46.0. The minimum absolute atomic E-state index is 0.0186. The van der Waals surface area contributed by atoms with Crippen LogP contribution >= 0.6 is 0 Å². The van der Waals surface area contributed by atoms with E-state index >= 15 is 0 Å². The number of ether oxygens (including phenoxy) is 3. The predicted molar refractivity (Wildman–Crippen MR) is 481 cm³/mol. The monoisotopic (exact) mass is 1750 g/mol. The lowest BCUT2D eigenvalue weighted by atomic mass is 9.71. The average molecular weight is 1760 g/mol. The number of carbonyl (C=O) groups is 13. The van der Waals surface area contributed by atoms with E-state index in [2.05, 4.69) is 109 Å². The molecule has 125 heavy (non-hydrogen) atoms. The van der Waals surface area contributed by atoms with Gasteiger partial charge in [-0.05, 0) is 213 Å². The molecule has 0 bridgehead atoms. The van der Waals surface area contributed by atoms with Gasteiger partial charge in [-0.3, -0.25) is 43.2 Å². The summed E-state index contributed by atoms with van der Waals surface area (Å²) in [6.45, 7) is 34.3. The number of imide groups is 1. The van der Waals surface area contributed by atoms with Crippen molar-refractivity contribution in [3.63, 3.8) is 0 Å². The number of aryl methyl sites for hydroxylation is 4. The zero-order valence-corrected chi connectivity index (χ0v) is 78.5.